The van der Waals surface area contributed by atoms with Crippen LogP contribution in [0.25, 0.3) is 0 Å². The molecule has 0 aromatic heterocycles. The van der Waals surface area contributed by atoms with Crippen LogP contribution in [0.4, 0.5) is 8.78 Å². The molecule has 2 heterocycles. The first-order valence-corrected chi connectivity index (χ1v) is 11.4. The van der Waals surface area contributed by atoms with Gasteiger partial charge in [-0.3, -0.25) is 24.7 Å². The van der Waals surface area contributed by atoms with Crippen molar-refractivity contribution in [2.45, 2.75) is 51.5 Å². The van der Waals surface area contributed by atoms with Crippen molar-refractivity contribution >= 4 is 5.91 Å². The molecule has 6 nitrogen and oxygen atoms in total. The van der Waals surface area contributed by atoms with E-state index in [9.17, 15) is 13.6 Å². The fourth-order valence-corrected chi connectivity index (χ4v) is 5.01. The molecule has 0 spiro atoms. The number of halogens is 2. The molecule has 2 aromatic carbocycles. The zero-order valence-electron chi connectivity index (χ0n) is 19.2. The molecule has 178 valence electrons. The van der Waals surface area contributed by atoms with E-state index in [0.29, 0.717) is 24.2 Å². The minimum absolute atomic E-state index is 0.148. The predicted molar refractivity (Wildman–Crippen MR) is 122 cm³/mol. The fourth-order valence-electron chi connectivity index (χ4n) is 5.01. The van der Waals surface area contributed by atoms with Gasteiger partial charge in [0.2, 0.25) is 0 Å². The number of hydroxylamine groups is 1. The summed E-state index contributed by atoms with van der Waals surface area (Å²) in [7, 11) is 0. The molecule has 0 bridgehead atoms. The lowest BCUT2D eigenvalue weighted by molar-refractivity contribution is -0.133. The van der Waals surface area contributed by atoms with Crippen LogP contribution in [-0.4, -0.2) is 70.0 Å². The van der Waals surface area contributed by atoms with Gasteiger partial charge < -0.3 is 0 Å². The standard InChI is InChI=1S/C25H32F2N4O2/c1-18-11-29(13-20-6-8-23(9-7-20)24(32)28-33)12-19(2)31(18)15-22-5-3-4-21(10-22)14-30-16-25(26,27)17-30/h3-10,18-19,33H,11-17H2,1-2H3,(H,28,32)/t18-,19+. The molecular weight excluding hydrogens is 426 g/mol. The minimum Gasteiger partial charge on any atom is -0.296 e. The van der Waals surface area contributed by atoms with E-state index in [1.54, 1.807) is 22.5 Å². The number of alkyl halides is 2. The summed E-state index contributed by atoms with van der Waals surface area (Å²) in [4.78, 5) is 18.2. The molecule has 2 fully saturated rings. The number of benzene rings is 2. The van der Waals surface area contributed by atoms with E-state index in [1.165, 1.54) is 5.56 Å². The average molecular weight is 459 g/mol. The van der Waals surface area contributed by atoms with E-state index in [-0.39, 0.29) is 13.1 Å². The predicted octanol–water partition coefficient (Wildman–Crippen LogP) is 3.35. The number of carbonyl (C=O) groups excluding carboxylic acids is 1. The number of piperazine rings is 1. The van der Waals surface area contributed by atoms with Gasteiger partial charge in [-0.05, 0) is 42.7 Å². The highest BCUT2D eigenvalue weighted by atomic mass is 19.3. The lowest BCUT2D eigenvalue weighted by Crippen LogP contribution is -2.55. The number of nitrogens with zero attached hydrogens (tertiary/aromatic N) is 3. The molecule has 4 rings (SSSR count). The Hall–Kier alpha value is -2.39. The van der Waals surface area contributed by atoms with Gasteiger partial charge in [0, 0.05) is 50.4 Å². The Balaban J connectivity index is 1.32. The maximum absolute atomic E-state index is 13.1. The second-order valence-electron chi connectivity index (χ2n) is 9.52. The van der Waals surface area contributed by atoms with Crippen LogP contribution >= 0.6 is 0 Å². The molecule has 33 heavy (non-hydrogen) atoms. The first-order valence-electron chi connectivity index (χ1n) is 11.4. The van der Waals surface area contributed by atoms with E-state index in [0.717, 1.165) is 37.3 Å². The molecular formula is C25H32F2N4O2. The number of carbonyl (C=O) groups is 1. The lowest BCUT2D eigenvalue weighted by atomic mass is 10.0. The van der Waals surface area contributed by atoms with E-state index in [1.807, 2.05) is 24.3 Å². The molecule has 2 N–H and O–H groups in total. The zero-order chi connectivity index (χ0) is 23.6. The van der Waals surface area contributed by atoms with Gasteiger partial charge in [-0.2, -0.15) is 0 Å². The Kier molecular flexibility index (Phi) is 7.09. The second kappa shape index (κ2) is 9.85. The van der Waals surface area contributed by atoms with Crippen molar-refractivity contribution < 1.29 is 18.8 Å². The van der Waals surface area contributed by atoms with Crippen molar-refractivity contribution in [2.24, 2.45) is 0 Å². The number of hydrogen-bond acceptors (Lipinski definition) is 5. The monoisotopic (exact) mass is 458 g/mol. The smallest absolute Gasteiger partial charge is 0.274 e. The van der Waals surface area contributed by atoms with Gasteiger partial charge >= 0.3 is 0 Å². The molecule has 0 aliphatic carbocycles. The molecule has 8 heteroatoms. The Bertz CT molecular complexity index is 949. The summed E-state index contributed by atoms with van der Waals surface area (Å²) in [5.41, 5.74) is 5.50. The Morgan fingerprint density at radius 1 is 0.939 bits per heavy atom. The molecule has 2 saturated heterocycles. The summed E-state index contributed by atoms with van der Waals surface area (Å²) in [6.07, 6.45) is 0. The molecule has 2 aromatic rings. The van der Waals surface area contributed by atoms with Crippen molar-refractivity contribution in [2.75, 3.05) is 26.2 Å². The third-order valence-electron chi connectivity index (χ3n) is 6.57. The fraction of sp³-hybridized carbons (Fsp3) is 0.480. The number of amides is 1. The summed E-state index contributed by atoms with van der Waals surface area (Å²) in [5.74, 6) is -3.04. The second-order valence-corrected chi connectivity index (χ2v) is 9.52. The van der Waals surface area contributed by atoms with Gasteiger partial charge in [-0.15, -0.1) is 0 Å². The van der Waals surface area contributed by atoms with E-state index >= 15 is 0 Å². The van der Waals surface area contributed by atoms with Gasteiger partial charge in [-0.1, -0.05) is 36.4 Å². The molecule has 0 saturated carbocycles. The summed E-state index contributed by atoms with van der Waals surface area (Å²) >= 11 is 0. The molecule has 0 radical (unpaired) electrons. The largest absolute Gasteiger partial charge is 0.296 e. The number of nitrogens with one attached hydrogen (secondary N) is 1. The highest BCUT2D eigenvalue weighted by molar-refractivity contribution is 5.93. The quantitative estimate of drug-likeness (QED) is 0.492. The van der Waals surface area contributed by atoms with Crippen LogP contribution in [0, 0.1) is 0 Å². The van der Waals surface area contributed by atoms with Crippen molar-refractivity contribution in [1.29, 1.82) is 0 Å². The number of rotatable bonds is 7. The summed E-state index contributed by atoms with van der Waals surface area (Å²) in [6.45, 7) is 8.27. The number of likely N-dealkylation sites (tertiary alicyclic amines) is 1. The van der Waals surface area contributed by atoms with Crippen LogP contribution in [0.1, 0.15) is 40.9 Å². The molecule has 2 aliphatic rings. The third-order valence-corrected chi connectivity index (χ3v) is 6.57. The topological polar surface area (TPSA) is 59.1 Å². The third kappa shape index (κ3) is 5.95. The Labute approximate surface area is 193 Å². The zero-order valence-corrected chi connectivity index (χ0v) is 19.2. The van der Waals surface area contributed by atoms with E-state index in [2.05, 4.69) is 35.8 Å². The molecule has 1 amide bonds. The molecule has 2 aliphatic heterocycles. The lowest BCUT2D eigenvalue weighted by Gasteiger charge is -2.44. The summed E-state index contributed by atoms with van der Waals surface area (Å²) in [5, 5.41) is 8.75. The average Bonchev–Trinajstić information content (AvgIpc) is 2.75. The van der Waals surface area contributed by atoms with Gasteiger partial charge in [-0.25, -0.2) is 14.3 Å². The van der Waals surface area contributed by atoms with Gasteiger partial charge in [0.15, 0.2) is 0 Å². The van der Waals surface area contributed by atoms with Crippen molar-refractivity contribution in [3.05, 3.63) is 70.8 Å². The van der Waals surface area contributed by atoms with Crippen molar-refractivity contribution in [1.82, 2.24) is 20.2 Å². The maximum atomic E-state index is 13.1. The summed E-state index contributed by atoms with van der Waals surface area (Å²) < 4.78 is 26.2. The highest BCUT2D eigenvalue weighted by Gasteiger charge is 2.43. The van der Waals surface area contributed by atoms with E-state index < -0.39 is 11.8 Å². The van der Waals surface area contributed by atoms with Crippen LogP contribution in [0.3, 0.4) is 0 Å². The van der Waals surface area contributed by atoms with Crippen LogP contribution in [-0.2, 0) is 19.6 Å². The van der Waals surface area contributed by atoms with Crippen LogP contribution in [0.15, 0.2) is 48.5 Å². The van der Waals surface area contributed by atoms with Gasteiger partial charge in [0.1, 0.15) is 0 Å². The Morgan fingerprint density at radius 2 is 1.52 bits per heavy atom. The molecule has 2 atom stereocenters. The summed E-state index contributed by atoms with van der Waals surface area (Å²) in [6, 6.07) is 16.3. The highest BCUT2D eigenvalue weighted by Crippen LogP contribution is 2.28. The van der Waals surface area contributed by atoms with Crippen LogP contribution in [0.2, 0.25) is 0 Å². The first kappa shape index (κ1) is 23.8. The maximum Gasteiger partial charge on any atom is 0.274 e. The minimum atomic E-state index is -2.53. The van der Waals surface area contributed by atoms with Crippen LogP contribution < -0.4 is 5.48 Å². The molecule has 0 unspecified atom stereocenters. The van der Waals surface area contributed by atoms with Gasteiger partial charge in [0.25, 0.3) is 11.8 Å². The SMILES string of the molecule is C[C@@H]1CN(Cc2ccc(C(=O)NO)cc2)C[C@H](C)N1Cc1cccc(CN2CC(F)(F)C2)c1. The van der Waals surface area contributed by atoms with Gasteiger partial charge in [0.05, 0.1) is 13.1 Å². The van der Waals surface area contributed by atoms with E-state index in [4.69, 9.17) is 5.21 Å². The van der Waals surface area contributed by atoms with Crippen molar-refractivity contribution in [3.63, 3.8) is 0 Å². The van der Waals surface area contributed by atoms with Crippen molar-refractivity contribution in [3.8, 4) is 0 Å². The first-order chi connectivity index (χ1) is 15.7. The van der Waals surface area contributed by atoms with Crippen LogP contribution in [0.5, 0.6) is 0 Å². The Morgan fingerprint density at radius 3 is 2.09 bits per heavy atom. The normalized spacial score (nSPS) is 23.8. The number of hydrogen-bond donors (Lipinski definition) is 2.